The quantitative estimate of drug-likeness (QED) is 0.822. The van der Waals surface area contributed by atoms with Crippen molar-refractivity contribution < 1.29 is 9.47 Å². The number of nitrogens with two attached hydrogens (primary N) is 1. The maximum atomic E-state index is 6.30. The van der Waals surface area contributed by atoms with Crippen molar-refractivity contribution in [3.05, 3.63) is 23.8 Å². The van der Waals surface area contributed by atoms with Crippen molar-refractivity contribution in [2.45, 2.75) is 32.7 Å². The van der Waals surface area contributed by atoms with Crippen LogP contribution in [0, 0.1) is 0 Å². The zero-order chi connectivity index (χ0) is 13.7. The van der Waals surface area contributed by atoms with Gasteiger partial charge in [0.05, 0.1) is 0 Å². The van der Waals surface area contributed by atoms with Gasteiger partial charge in [0.15, 0.2) is 11.5 Å². The molecule has 0 fully saturated rings. The van der Waals surface area contributed by atoms with Crippen molar-refractivity contribution >= 4 is 0 Å². The van der Waals surface area contributed by atoms with Gasteiger partial charge in [-0.15, -0.1) is 0 Å². The number of ether oxygens (including phenoxy) is 2. The average Bonchev–Trinajstić information content (AvgIpc) is 2.90. The average molecular weight is 264 g/mol. The molecule has 2 rings (SSSR count). The van der Waals surface area contributed by atoms with Crippen LogP contribution >= 0.6 is 0 Å². The molecule has 0 aliphatic carbocycles. The molecular formula is C15H24N2O2. The highest BCUT2D eigenvalue weighted by molar-refractivity contribution is 5.45. The van der Waals surface area contributed by atoms with Gasteiger partial charge in [-0.05, 0) is 37.2 Å². The van der Waals surface area contributed by atoms with Gasteiger partial charge >= 0.3 is 0 Å². The van der Waals surface area contributed by atoms with Gasteiger partial charge in [0.25, 0.3) is 0 Å². The molecule has 4 heteroatoms. The topological polar surface area (TPSA) is 47.7 Å². The fourth-order valence-corrected chi connectivity index (χ4v) is 2.29. The van der Waals surface area contributed by atoms with Crippen molar-refractivity contribution in [3.63, 3.8) is 0 Å². The van der Waals surface area contributed by atoms with E-state index < -0.39 is 0 Å². The van der Waals surface area contributed by atoms with E-state index in [0.717, 1.165) is 36.7 Å². The normalized spacial score (nSPS) is 14.9. The Bertz CT molecular complexity index is 409. The summed E-state index contributed by atoms with van der Waals surface area (Å²) < 4.78 is 10.7. The third-order valence-corrected chi connectivity index (χ3v) is 3.55. The maximum absolute atomic E-state index is 6.30. The Kier molecular flexibility index (Phi) is 5.05. The van der Waals surface area contributed by atoms with E-state index in [1.165, 1.54) is 12.8 Å². The molecular weight excluding hydrogens is 240 g/mol. The van der Waals surface area contributed by atoms with E-state index >= 15 is 0 Å². The second-order valence-electron chi connectivity index (χ2n) is 4.97. The molecule has 106 valence electrons. The van der Waals surface area contributed by atoms with E-state index in [0.29, 0.717) is 6.79 Å². The van der Waals surface area contributed by atoms with E-state index in [-0.39, 0.29) is 6.04 Å². The molecule has 0 spiro atoms. The Hall–Kier alpha value is -1.26. The van der Waals surface area contributed by atoms with Crippen molar-refractivity contribution in [2.24, 2.45) is 5.73 Å². The van der Waals surface area contributed by atoms with Gasteiger partial charge in [-0.2, -0.15) is 0 Å². The third-order valence-electron chi connectivity index (χ3n) is 3.55. The van der Waals surface area contributed by atoms with Crippen molar-refractivity contribution in [3.8, 4) is 11.5 Å². The van der Waals surface area contributed by atoms with Crippen molar-refractivity contribution in [1.29, 1.82) is 0 Å². The minimum absolute atomic E-state index is 0.0197. The maximum Gasteiger partial charge on any atom is 0.231 e. The van der Waals surface area contributed by atoms with Crippen LogP contribution in [0.3, 0.4) is 0 Å². The van der Waals surface area contributed by atoms with E-state index in [1.54, 1.807) is 0 Å². The van der Waals surface area contributed by atoms with Gasteiger partial charge in [-0.1, -0.05) is 26.3 Å². The molecule has 0 saturated heterocycles. The summed E-state index contributed by atoms with van der Waals surface area (Å²) in [5.41, 5.74) is 7.41. The Morgan fingerprint density at radius 3 is 2.79 bits per heavy atom. The number of hydrogen-bond donors (Lipinski definition) is 1. The second-order valence-corrected chi connectivity index (χ2v) is 4.97. The zero-order valence-corrected chi connectivity index (χ0v) is 11.9. The van der Waals surface area contributed by atoms with Crippen molar-refractivity contribution in [1.82, 2.24) is 4.90 Å². The Morgan fingerprint density at radius 1 is 1.26 bits per heavy atom. The van der Waals surface area contributed by atoms with Gasteiger partial charge in [-0.3, -0.25) is 0 Å². The smallest absolute Gasteiger partial charge is 0.231 e. The molecule has 1 unspecified atom stereocenters. The highest BCUT2D eigenvalue weighted by atomic mass is 16.7. The standard InChI is InChI=1S/C15H24N2O2/c1-3-5-8-17(4-2)10-13(16)12-6-7-14-15(9-12)19-11-18-14/h6-7,9,13H,3-5,8,10-11,16H2,1-2H3. The fourth-order valence-electron chi connectivity index (χ4n) is 2.29. The van der Waals surface area contributed by atoms with E-state index in [2.05, 4.69) is 18.7 Å². The molecule has 1 heterocycles. The number of fused-ring (bicyclic) bond motifs is 1. The Labute approximate surface area is 115 Å². The molecule has 0 aromatic heterocycles. The lowest BCUT2D eigenvalue weighted by atomic mass is 10.1. The monoisotopic (exact) mass is 264 g/mol. The van der Waals surface area contributed by atoms with Crippen LogP contribution in [0.5, 0.6) is 11.5 Å². The summed E-state index contributed by atoms with van der Waals surface area (Å²) >= 11 is 0. The SMILES string of the molecule is CCCCN(CC)CC(N)c1ccc2c(c1)OCO2. The van der Waals surface area contributed by atoms with Gasteiger partial charge in [-0.25, -0.2) is 0 Å². The van der Waals surface area contributed by atoms with Crippen LogP contribution in [0.15, 0.2) is 18.2 Å². The van der Waals surface area contributed by atoms with Crippen LogP contribution < -0.4 is 15.2 Å². The van der Waals surface area contributed by atoms with E-state index in [9.17, 15) is 0 Å². The van der Waals surface area contributed by atoms with Crippen LogP contribution in [-0.2, 0) is 0 Å². The Balaban J connectivity index is 1.96. The van der Waals surface area contributed by atoms with Gasteiger partial charge < -0.3 is 20.1 Å². The molecule has 1 atom stereocenters. The van der Waals surface area contributed by atoms with Crippen LogP contribution in [-0.4, -0.2) is 31.3 Å². The minimum atomic E-state index is 0.0197. The summed E-state index contributed by atoms with van der Waals surface area (Å²) in [6, 6.07) is 6.00. The summed E-state index contributed by atoms with van der Waals surface area (Å²) in [5, 5.41) is 0. The lowest BCUT2D eigenvalue weighted by Gasteiger charge is -2.24. The molecule has 1 aliphatic heterocycles. The van der Waals surface area contributed by atoms with E-state index in [4.69, 9.17) is 15.2 Å². The number of unbranched alkanes of at least 4 members (excludes halogenated alkanes) is 1. The van der Waals surface area contributed by atoms with Gasteiger partial charge in [0, 0.05) is 12.6 Å². The molecule has 1 aliphatic rings. The van der Waals surface area contributed by atoms with Gasteiger partial charge in [0.1, 0.15) is 0 Å². The fraction of sp³-hybridized carbons (Fsp3) is 0.600. The highest BCUT2D eigenvalue weighted by Crippen LogP contribution is 2.33. The predicted octanol–water partition coefficient (Wildman–Crippen LogP) is 2.54. The zero-order valence-electron chi connectivity index (χ0n) is 11.9. The largest absolute Gasteiger partial charge is 0.454 e. The molecule has 19 heavy (non-hydrogen) atoms. The molecule has 0 amide bonds. The van der Waals surface area contributed by atoms with Crippen LogP contribution in [0.2, 0.25) is 0 Å². The van der Waals surface area contributed by atoms with Gasteiger partial charge in [0.2, 0.25) is 6.79 Å². The van der Waals surface area contributed by atoms with Crippen LogP contribution in [0.1, 0.15) is 38.3 Å². The Morgan fingerprint density at radius 2 is 2.05 bits per heavy atom. The summed E-state index contributed by atoms with van der Waals surface area (Å²) in [7, 11) is 0. The number of likely N-dealkylation sites (N-methyl/N-ethyl adjacent to an activating group) is 1. The lowest BCUT2D eigenvalue weighted by molar-refractivity contribution is 0.174. The molecule has 0 radical (unpaired) electrons. The first kappa shape index (κ1) is 14.2. The molecule has 0 bridgehead atoms. The second kappa shape index (κ2) is 6.78. The first-order valence-corrected chi connectivity index (χ1v) is 7.12. The first-order valence-electron chi connectivity index (χ1n) is 7.12. The van der Waals surface area contributed by atoms with E-state index in [1.807, 2.05) is 18.2 Å². The van der Waals surface area contributed by atoms with Crippen LogP contribution in [0.25, 0.3) is 0 Å². The molecule has 4 nitrogen and oxygen atoms in total. The number of benzene rings is 1. The van der Waals surface area contributed by atoms with Crippen LogP contribution in [0.4, 0.5) is 0 Å². The number of rotatable bonds is 7. The highest BCUT2D eigenvalue weighted by Gasteiger charge is 2.17. The van der Waals surface area contributed by atoms with Crippen molar-refractivity contribution in [2.75, 3.05) is 26.4 Å². The summed E-state index contributed by atoms with van der Waals surface area (Å²) in [4.78, 5) is 2.40. The third kappa shape index (κ3) is 3.61. The summed E-state index contributed by atoms with van der Waals surface area (Å²) in [5.74, 6) is 1.62. The minimum Gasteiger partial charge on any atom is -0.454 e. The molecule has 2 N–H and O–H groups in total. The summed E-state index contributed by atoms with van der Waals surface area (Å²) in [6.07, 6.45) is 2.44. The first-order chi connectivity index (χ1) is 9.24. The molecule has 1 aromatic carbocycles. The lowest BCUT2D eigenvalue weighted by Crippen LogP contribution is -2.32. The summed E-state index contributed by atoms with van der Waals surface area (Å²) in [6.45, 7) is 7.75. The number of hydrogen-bond acceptors (Lipinski definition) is 4. The predicted molar refractivity (Wildman–Crippen MR) is 76.5 cm³/mol. The molecule has 1 aromatic rings. The molecule has 0 saturated carbocycles. The number of nitrogens with zero attached hydrogens (tertiary/aromatic N) is 1.